The highest BCUT2D eigenvalue weighted by Crippen LogP contribution is 2.20. The highest BCUT2D eigenvalue weighted by atomic mass is 19.1. The van der Waals surface area contributed by atoms with Crippen molar-refractivity contribution in [3.63, 3.8) is 0 Å². The second-order valence-corrected chi connectivity index (χ2v) is 7.91. The Kier molecular flexibility index (Phi) is 6.92. The SMILES string of the molecule is O=C(Nc1ccccc1C(=O)N1CCCN(Cc2ccc(F)cc2)CC1)c1ccccc1. The van der Waals surface area contributed by atoms with Crippen LogP contribution in [0.25, 0.3) is 0 Å². The van der Waals surface area contributed by atoms with Crippen molar-refractivity contribution in [2.24, 2.45) is 0 Å². The smallest absolute Gasteiger partial charge is 0.256 e. The summed E-state index contributed by atoms with van der Waals surface area (Å²) in [6, 6.07) is 22.6. The molecule has 1 aliphatic heterocycles. The van der Waals surface area contributed by atoms with Gasteiger partial charge in [-0.25, -0.2) is 4.39 Å². The van der Waals surface area contributed by atoms with Gasteiger partial charge in [-0.3, -0.25) is 14.5 Å². The molecule has 0 atom stereocenters. The van der Waals surface area contributed by atoms with Crippen LogP contribution in [0.15, 0.2) is 78.9 Å². The molecular formula is C26H26FN3O2. The van der Waals surface area contributed by atoms with Crippen molar-refractivity contribution >= 4 is 17.5 Å². The number of rotatable bonds is 5. The summed E-state index contributed by atoms with van der Waals surface area (Å²) in [5.41, 5.74) is 2.60. The summed E-state index contributed by atoms with van der Waals surface area (Å²) in [6.45, 7) is 3.59. The summed E-state index contributed by atoms with van der Waals surface area (Å²) in [5, 5.41) is 2.88. The average Bonchev–Trinajstić information content (AvgIpc) is 3.06. The Labute approximate surface area is 187 Å². The monoisotopic (exact) mass is 431 g/mol. The van der Waals surface area contributed by atoms with Gasteiger partial charge in [-0.1, -0.05) is 42.5 Å². The predicted molar refractivity (Wildman–Crippen MR) is 123 cm³/mol. The van der Waals surface area contributed by atoms with E-state index in [1.165, 1.54) is 12.1 Å². The zero-order chi connectivity index (χ0) is 22.3. The van der Waals surface area contributed by atoms with E-state index in [1.807, 2.05) is 23.1 Å². The Balaban J connectivity index is 1.42. The fraction of sp³-hybridized carbons (Fsp3) is 0.231. The first-order valence-electron chi connectivity index (χ1n) is 10.8. The fourth-order valence-corrected chi connectivity index (χ4v) is 3.91. The van der Waals surface area contributed by atoms with E-state index in [0.717, 1.165) is 31.6 Å². The summed E-state index contributed by atoms with van der Waals surface area (Å²) in [4.78, 5) is 30.0. The highest BCUT2D eigenvalue weighted by Gasteiger charge is 2.23. The molecule has 0 aromatic heterocycles. The van der Waals surface area contributed by atoms with Gasteiger partial charge in [-0.15, -0.1) is 0 Å². The van der Waals surface area contributed by atoms with Crippen LogP contribution in [0.1, 0.15) is 32.7 Å². The quantitative estimate of drug-likeness (QED) is 0.650. The average molecular weight is 432 g/mol. The number of para-hydroxylation sites is 1. The van der Waals surface area contributed by atoms with Crippen LogP contribution in [-0.4, -0.2) is 47.8 Å². The number of amides is 2. The number of benzene rings is 3. The van der Waals surface area contributed by atoms with E-state index < -0.39 is 0 Å². The van der Waals surface area contributed by atoms with Crippen LogP contribution in [0.5, 0.6) is 0 Å². The van der Waals surface area contributed by atoms with E-state index in [9.17, 15) is 14.0 Å². The van der Waals surface area contributed by atoms with Crippen molar-refractivity contribution in [2.45, 2.75) is 13.0 Å². The van der Waals surface area contributed by atoms with Crippen LogP contribution in [-0.2, 0) is 6.54 Å². The van der Waals surface area contributed by atoms with Gasteiger partial charge in [0.05, 0.1) is 11.3 Å². The minimum absolute atomic E-state index is 0.0856. The lowest BCUT2D eigenvalue weighted by Gasteiger charge is -2.23. The van der Waals surface area contributed by atoms with Gasteiger partial charge in [0.2, 0.25) is 0 Å². The number of nitrogens with one attached hydrogen (secondary N) is 1. The zero-order valence-electron chi connectivity index (χ0n) is 17.8. The molecule has 0 bridgehead atoms. The maximum Gasteiger partial charge on any atom is 0.256 e. The van der Waals surface area contributed by atoms with Crippen molar-refractivity contribution in [1.82, 2.24) is 9.80 Å². The van der Waals surface area contributed by atoms with Crippen LogP contribution in [0, 0.1) is 5.82 Å². The van der Waals surface area contributed by atoms with E-state index in [-0.39, 0.29) is 17.6 Å². The second-order valence-electron chi connectivity index (χ2n) is 7.91. The number of carbonyl (C=O) groups excluding carboxylic acids is 2. The van der Waals surface area contributed by atoms with Crippen molar-refractivity contribution in [3.8, 4) is 0 Å². The molecule has 3 aromatic carbocycles. The molecular weight excluding hydrogens is 405 g/mol. The van der Waals surface area contributed by atoms with Crippen molar-refractivity contribution < 1.29 is 14.0 Å². The Morgan fingerprint density at radius 2 is 1.53 bits per heavy atom. The maximum absolute atomic E-state index is 13.3. The van der Waals surface area contributed by atoms with Gasteiger partial charge in [0.25, 0.3) is 11.8 Å². The molecule has 1 heterocycles. The predicted octanol–water partition coefficient (Wildman–Crippen LogP) is 4.43. The Bertz CT molecular complexity index is 1070. The Morgan fingerprint density at radius 1 is 0.812 bits per heavy atom. The van der Waals surface area contributed by atoms with Gasteiger partial charge < -0.3 is 10.2 Å². The molecule has 5 nitrogen and oxygen atoms in total. The minimum Gasteiger partial charge on any atom is -0.337 e. The van der Waals surface area contributed by atoms with Gasteiger partial charge in [0.1, 0.15) is 5.82 Å². The summed E-state index contributed by atoms with van der Waals surface area (Å²) < 4.78 is 13.2. The third kappa shape index (κ3) is 5.39. The summed E-state index contributed by atoms with van der Waals surface area (Å²) >= 11 is 0. The number of hydrogen-bond donors (Lipinski definition) is 1. The van der Waals surface area contributed by atoms with Crippen molar-refractivity contribution in [2.75, 3.05) is 31.5 Å². The van der Waals surface area contributed by atoms with Crippen molar-refractivity contribution in [3.05, 3.63) is 101 Å². The van der Waals surface area contributed by atoms with Gasteiger partial charge in [-0.2, -0.15) is 0 Å². The summed E-state index contributed by atoms with van der Waals surface area (Å²) in [6.07, 6.45) is 0.853. The molecule has 164 valence electrons. The number of anilines is 1. The third-order valence-electron chi connectivity index (χ3n) is 5.64. The molecule has 4 rings (SSSR count). The van der Waals surface area contributed by atoms with Crippen LogP contribution in [0.4, 0.5) is 10.1 Å². The van der Waals surface area contributed by atoms with Gasteiger partial charge >= 0.3 is 0 Å². The van der Waals surface area contributed by atoms with Crippen molar-refractivity contribution in [1.29, 1.82) is 0 Å². The van der Waals surface area contributed by atoms with Crippen LogP contribution in [0.2, 0.25) is 0 Å². The molecule has 32 heavy (non-hydrogen) atoms. The van der Waals surface area contributed by atoms with Gasteiger partial charge in [-0.05, 0) is 48.4 Å². The van der Waals surface area contributed by atoms with Crippen LogP contribution >= 0.6 is 0 Å². The first-order valence-corrected chi connectivity index (χ1v) is 10.8. The van der Waals surface area contributed by atoms with E-state index >= 15 is 0 Å². The molecule has 1 fully saturated rings. The third-order valence-corrected chi connectivity index (χ3v) is 5.64. The number of carbonyl (C=O) groups is 2. The largest absolute Gasteiger partial charge is 0.337 e. The Morgan fingerprint density at radius 3 is 2.31 bits per heavy atom. The summed E-state index contributed by atoms with van der Waals surface area (Å²) in [5.74, 6) is -0.566. The maximum atomic E-state index is 13.3. The van der Waals surface area contributed by atoms with Crippen LogP contribution in [0.3, 0.4) is 0 Å². The lowest BCUT2D eigenvalue weighted by molar-refractivity contribution is 0.0762. The first-order chi connectivity index (χ1) is 15.6. The molecule has 6 heteroatoms. The number of hydrogen-bond acceptors (Lipinski definition) is 3. The molecule has 0 saturated carbocycles. The number of halogens is 1. The molecule has 2 amide bonds. The normalized spacial score (nSPS) is 14.6. The molecule has 0 unspecified atom stereocenters. The van der Waals surface area contributed by atoms with Gasteiger partial charge in [0.15, 0.2) is 0 Å². The van der Waals surface area contributed by atoms with E-state index in [2.05, 4.69) is 10.2 Å². The molecule has 1 saturated heterocycles. The minimum atomic E-state index is -0.243. The Hall–Kier alpha value is -3.51. The molecule has 0 aliphatic carbocycles. The first kappa shape index (κ1) is 21.7. The molecule has 0 spiro atoms. The zero-order valence-corrected chi connectivity index (χ0v) is 17.8. The van der Waals surface area contributed by atoms with E-state index in [1.54, 1.807) is 48.5 Å². The molecule has 1 N–H and O–H groups in total. The molecule has 0 radical (unpaired) electrons. The van der Waals surface area contributed by atoms with Crippen LogP contribution < -0.4 is 5.32 Å². The van der Waals surface area contributed by atoms with Gasteiger partial charge in [0, 0.05) is 38.3 Å². The standard InChI is InChI=1S/C26H26FN3O2/c27-22-13-11-20(12-14-22)19-29-15-6-16-30(18-17-29)26(32)23-9-4-5-10-24(23)28-25(31)21-7-2-1-3-8-21/h1-5,7-14H,6,15-19H2,(H,28,31). The summed E-state index contributed by atoms with van der Waals surface area (Å²) in [7, 11) is 0. The molecule has 1 aliphatic rings. The fourth-order valence-electron chi connectivity index (χ4n) is 3.91. The lowest BCUT2D eigenvalue weighted by Crippen LogP contribution is -2.35. The number of nitrogens with zero attached hydrogens (tertiary/aromatic N) is 2. The molecule has 3 aromatic rings. The lowest BCUT2D eigenvalue weighted by atomic mass is 10.1. The van der Waals surface area contributed by atoms with E-state index in [4.69, 9.17) is 0 Å². The highest BCUT2D eigenvalue weighted by molar-refractivity contribution is 6.09. The topological polar surface area (TPSA) is 52.7 Å². The second kappa shape index (κ2) is 10.2. The van der Waals surface area contributed by atoms with E-state index in [0.29, 0.717) is 29.9 Å².